The molecule has 182 valence electrons. The van der Waals surface area contributed by atoms with Crippen LogP contribution in [-0.4, -0.2) is 53.4 Å². The Morgan fingerprint density at radius 3 is 2.60 bits per heavy atom. The molecule has 0 saturated carbocycles. The molecule has 0 aliphatic carbocycles. The van der Waals surface area contributed by atoms with Crippen molar-refractivity contribution in [2.24, 2.45) is 10.7 Å². The van der Waals surface area contributed by atoms with Gasteiger partial charge >= 0.3 is 6.09 Å². The number of hydrogen-bond acceptors (Lipinski definition) is 7. The number of halogens is 3. The SMILES string of the molecule is CN(C)C(=O)OC[C@H](c1ccc(Cl)c(-c2nccs2)c1)N1C(=O)[C@@H](c2cc(F)cc(F)c2)N=C1N. The van der Waals surface area contributed by atoms with E-state index in [1.54, 1.807) is 29.8 Å². The first-order valence-electron chi connectivity index (χ1n) is 10.3. The van der Waals surface area contributed by atoms with Crippen molar-refractivity contribution in [3.05, 3.63) is 75.8 Å². The second-order valence-electron chi connectivity index (χ2n) is 7.86. The van der Waals surface area contributed by atoms with Gasteiger partial charge < -0.3 is 15.4 Å². The van der Waals surface area contributed by atoms with Crippen LogP contribution in [0.4, 0.5) is 13.6 Å². The van der Waals surface area contributed by atoms with Gasteiger partial charge in [0.1, 0.15) is 23.2 Å². The molecule has 3 aromatic rings. The minimum absolute atomic E-state index is 0.0153. The summed E-state index contributed by atoms with van der Waals surface area (Å²) in [6.07, 6.45) is 1.01. The van der Waals surface area contributed by atoms with E-state index in [4.69, 9.17) is 22.1 Å². The third-order valence-corrected chi connectivity index (χ3v) is 6.40. The molecule has 2 heterocycles. The highest BCUT2D eigenvalue weighted by molar-refractivity contribution is 7.13. The molecule has 12 heteroatoms. The minimum atomic E-state index is -1.25. The van der Waals surface area contributed by atoms with E-state index >= 15 is 0 Å². The molecule has 2 N–H and O–H groups in total. The van der Waals surface area contributed by atoms with Crippen molar-refractivity contribution in [3.8, 4) is 10.6 Å². The van der Waals surface area contributed by atoms with E-state index < -0.39 is 35.7 Å². The maximum absolute atomic E-state index is 13.8. The molecule has 0 radical (unpaired) electrons. The summed E-state index contributed by atoms with van der Waals surface area (Å²) in [6, 6.07) is 5.64. The maximum Gasteiger partial charge on any atom is 0.409 e. The molecule has 0 saturated heterocycles. The molecule has 1 aromatic heterocycles. The molecule has 8 nitrogen and oxygen atoms in total. The zero-order valence-corrected chi connectivity index (χ0v) is 20.2. The second kappa shape index (κ2) is 9.96. The fourth-order valence-electron chi connectivity index (χ4n) is 3.63. The van der Waals surface area contributed by atoms with Gasteiger partial charge in [-0.1, -0.05) is 17.7 Å². The van der Waals surface area contributed by atoms with E-state index in [9.17, 15) is 18.4 Å². The summed E-state index contributed by atoms with van der Waals surface area (Å²) in [7, 11) is 3.04. The van der Waals surface area contributed by atoms with Crippen molar-refractivity contribution in [1.29, 1.82) is 0 Å². The molecule has 4 rings (SSSR count). The number of amides is 2. The molecule has 2 atom stereocenters. The number of guanidine groups is 1. The smallest absolute Gasteiger partial charge is 0.409 e. The van der Waals surface area contributed by atoms with Crippen molar-refractivity contribution in [1.82, 2.24) is 14.8 Å². The van der Waals surface area contributed by atoms with Gasteiger partial charge in [0, 0.05) is 37.3 Å². The largest absolute Gasteiger partial charge is 0.447 e. The molecular weight excluding hydrogens is 500 g/mol. The number of benzene rings is 2. The Balaban J connectivity index is 1.73. The van der Waals surface area contributed by atoms with Crippen LogP contribution >= 0.6 is 22.9 Å². The Bertz CT molecular complexity index is 1280. The summed E-state index contributed by atoms with van der Waals surface area (Å²) < 4.78 is 33.0. The van der Waals surface area contributed by atoms with Crippen LogP contribution in [0.5, 0.6) is 0 Å². The molecule has 0 spiro atoms. The van der Waals surface area contributed by atoms with Gasteiger partial charge in [-0.25, -0.2) is 23.6 Å². The van der Waals surface area contributed by atoms with E-state index in [0.29, 0.717) is 27.2 Å². The number of carbonyl (C=O) groups excluding carboxylic acids is 2. The standard InChI is InChI=1S/C23H20ClF2N5O3S/c1-30(2)23(33)34-11-18(12-3-4-17(24)16(9-12)20-28-5-6-35-20)31-21(32)19(29-22(31)27)13-7-14(25)10-15(26)8-13/h3-10,18-19H,11H2,1-2H3,(H2,27,29)/t18-,19-/m1/s1. The van der Waals surface area contributed by atoms with Crippen LogP contribution in [0.3, 0.4) is 0 Å². The molecule has 1 aliphatic heterocycles. The van der Waals surface area contributed by atoms with Crippen molar-refractivity contribution in [2.75, 3.05) is 20.7 Å². The highest BCUT2D eigenvalue weighted by Crippen LogP contribution is 2.36. The quantitative estimate of drug-likeness (QED) is 0.521. The Kier molecular flexibility index (Phi) is 6.99. The number of thiazole rings is 1. The van der Waals surface area contributed by atoms with Gasteiger partial charge in [0.25, 0.3) is 5.91 Å². The topological polar surface area (TPSA) is 101 Å². The number of rotatable bonds is 6. The predicted octanol–water partition coefficient (Wildman–Crippen LogP) is 4.38. The predicted molar refractivity (Wildman–Crippen MR) is 128 cm³/mol. The first kappa shape index (κ1) is 24.6. The third-order valence-electron chi connectivity index (χ3n) is 5.26. The van der Waals surface area contributed by atoms with Gasteiger partial charge in [-0.2, -0.15) is 0 Å². The van der Waals surface area contributed by atoms with E-state index in [1.807, 2.05) is 0 Å². The Morgan fingerprint density at radius 2 is 1.97 bits per heavy atom. The van der Waals surface area contributed by atoms with Crippen LogP contribution in [0.1, 0.15) is 23.2 Å². The van der Waals surface area contributed by atoms with Crippen molar-refractivity contribution in [3.63, 3.8) is 0 Å². The fraction of sp³-hybridized carbons (Fsp3) is 0.217. The highest BCUT2D eigenvalue weighted by Gasteiger charge is 2.40. The lowest BCUT2D eigenvalue weighted by atomic mass is 10.0. The summed E-state index contributed by atoms with van der Waals surface area (Å²) in [5.41, 5.74) is 7.30. The second-order valence-corrected chi connectivity index (χ2v) is 9.17. The van der Waals surface area contributed by atoms with Crippen LogP contribution in [0, 0.1) is 11.6 Å². The monoisotopic (exact) mass is 519 g/mol. The summed E-state index contributed by atoms with van der Waals surface area (Å²) in [4.78, 5) is 36.4. The summed E-state index contributed by atoms with van der Waals surface area (Å²) in [5, 5.41) is 2.89. The molecule has 2 aromatic carbocycles. The van der Waals surface area contributed by atoms with Gasteiger partial charge in [0.05, 0.1) is 11.1 Å². The lowest BCUT2D eigenvalue weighted by Crippen LogP contribution is -2.43. The van der Waals surface area contributed by atoms with Crippen LogP contribution in [0.25, 0.3) is 10.6 Å². The number of nitrogens with two attached hydrogens (primary N) is 1. The summed E-state index contributed by atoms with van der Waals surface area (Å²) in [6.45, 7) is -0.262. The van der Waals surface area contributed by atoms with Crippen molar-refractivity contribution >= 4 is 40.9 Å². The van der Waals surface area contributed by atoms with E-state index in [0.717, 1.165) is 17.0 Å². The fourth-order valence-corrected chi connectivity index (χ4v) is 4.56. The number of aromatic nitrogens is 1. The lowest BCUT2D eigenvalue weighted by Gasteiger charge is -2.29. The van der Waals surface area contributed by atoms with Crippen LogP contribution in [0.15, 0.2) is 53.0 Å². The Labute approximate surface area is 208 Å². The number of aliphatic imine (C=N–C) groups is 1. The van der Waals surface area contributed by atoms with Crippen LogP contribution < -0.4 is 5.73 Å². The first-order chi connectivity index (χ1) is 16.7. The average Bonchev–Trinajstić information content (AvgIpc) is 3.43. The zero-order valence-electron chi connectivity index (χ0n) is 18.6. The Morgan fingerprint density at radius 1 is 1.26 bits per heavy atom. The summed E-state index contributed by atoms with van der Waals surface area (Å²) in [5.74, 6) is -2.49. The number of ether oxygens (including phenoxy) is 1. The van der Waals surface area contributed by atoms with E-state index in [1.165, 1.54) is 30.3 Å². The van der Waals surface area contributed by atoms with E-state index in [2.05, 4.69) is 9.98 Å². The normalized spacial score (nSPS) is 16.3. The molecule has 0 bridgehead atoms. The third kappa shape index (κ3) is 5.10. The van der Waals surface area contributed by atoms with Gasteiger partial charge in [0.15, 0.2) is 12.0 Å². The molecule has 2 amide bonds. The van der Waals surface area contributed by atoms with Crippen LogP contribution in [0.2, 0.25) is 5.02 Å². The molecule has 0 unspecified atom stereocenters. The molecule has 35 heavy (non-hydrogen) atoms. The van der Waals surface area contributed by atoms with Crippen molar-refractivity contribution < 1.29 is 23.1 Å². The van der Waals surface area contributed by atoms with E-state index in [-0.39, 0.29) is 18.1 Å². The first-order valence-corrected chi connectivity index (χ1v) is 11.6. The molecular formula is C23H20ClF2N5O3S. The van der Waals surface area contributed by atoms with Gasteiger partial charge in [0.2, 0.25) is 0 Å². The zero-order chi connectivity index (χ0) is 25.3. The molecule has 1 aliphatic rings. The number of carbonyl (C=O) groups is 2. The maximum atomic E-state index is 13.8. The van der Waals surface area contributed by atoms with Gasteiger partial charge in [-0.3, -0.25) is 9.69 Å². The average molecular weight is 520 g/mol. The lowest BCUT2D eigenvalue weighted by molar-refractivity contribution is -0.129. The van der Waals surface area contributed by atoms with Gasteiger partial charge in [-0.15, -0.1) is 11.3 Å². The Hall–Kier alpha value is -3.57. The van der Waals surface area contributed by atoms with Crippen LogP contribution in [-0.2, 0) is 9.53 Å². The minimum Gasteiger partial charge on any atom is -0.447 e. The van der Waals surface area contributed by atoms with Crippen molar-refractivity contribution in [2.45, 2.75) is 12.1 Å². The number of nitrogens with zero attached hydrogens (tertiary/aromatic N) is 4. The van der Waals surface area contributed by atoms with Gasteiger partial charge in [-0.05, 0) is 35.4 Å². The summed E-state index contributed by atoms with van der Waals surface area (Å²) >= 11 is 7.76. The molecule has 0 fully saturated rings. The highest BCUT2D eigenvalue weighted by atomic mass is 35.5. The number of hydrogen-bond donors (Lipinski definition) is 1.